The van der Waals surface area contributed by atoms with Crippen LogP contribution in [0.5, 0.6) is 0 Å². The summed E-state index contributed by atoms with van der Waals surface area (Å²) >= 11 is 0. The maximum Gasteiger partial charge on any atom is 0.0971 e. The third-order valence-electron chi connectivity index (χ3n) is 10.0. The van der Waals surface area contributed by atoms with E-state index in [4.69, 9.17) is 9.97 Å². The van der Waals surface area contributed by atoms with Gasteiger partial charge in [-0.05, 0) is 95.9 Å². The van der Waals surface area contributed by atoms with Crippen LogP contribution in [0.3, 0.4) is 0 Å². The van der Waals surface area contributed by atoms with Crippen molar-refractivity contribution in [1.29, 1.82) is 0 Å². The molecule has 2 heteroatoms. The Morgan fingerprint density at radius 3 is 1.72 bits per heavy atom. The second-order valence-electron chi connectivity index (χ2n) is 12.6. The Bertz CT molecular complexity index is 2650. The Kier molecular flexibility index (Phi) is 5.67. The van der Waals surface area contributed by atoms with Crippen molar-refractivity contribution >= 4 is 43.4 Å². The summed E-state index contributed by atoms with van der Waals surface area (Å²) in [5, 5.41) is 7.14. The minimum Gasteiger partial charge on any atom is -0.252 e. The van der Waals surface area contributed by atoms with Gasteiger partial charge in [0.1, 0.15) is 0 Å². The van der Waals surface area contributed by atoms with E-state index in [1.54, 1.807) is 12.4 Å². The lowest BCUT2D eigenvalue weighted by Crippen LogP contribution is -1.98. The summed E-state index contributed by atoms with van der Waals surface area (Å²) in [6, 6.07) is 55.7. The molecule has 10 rings (SSSR count). The molecule has 0 bridgehead atoms. The minimum atomic E-state index is 0.264. The molecular formula is C45H28N2. The van der Waals surface area contributed by atoms with Gasteiger partial charge >= 0.3 is 0 Å². The van der Waals surface area contributed by atoms with Gasteiger partial charge in [-0.15, -0.1) is 0 Å². The highest BCUT2D eigenvalue weighted by Crippen LogP contribution is 2.49. The van der Waals surface area contributed by atoms with Gasteiger partial charge in [0.05, 0.1) is 11.0 Å². The molecule has 0 saturated carbocycles. The molecule has 0 N–H and O–H groups in total. The molecule has 1 aromatic heterocycles. The molecule has 218 valence electrons. The summed E-state index contributed by atoms with van der Waals surface area (Å²) < 4.78 is 0. The first-order valence-corrected chi connectivity index (χ1v) is 16.2. The van der Waals surface area contributed by atoms with Gasteiger partial charge in [0.25, 0.3) is 0 Å². The van der Waals surface area contributed by atoms with Gasteiger partial charge in [-0.25, -0.2) is 0 Å². The van der Waals surface area contributed by atoms with Crippen LogP contribution >= 0.6 is 0 Å². The first-order valence-electron chi connectivity index (χ1n) is 16.2. The van der Waals surface area contributed by atoms with Crippen LogP contribution in [0, 0.1) is 0 Å². The number of hydrogen-bond acceptors (Lipinski definition) is 2. The summed E-state index contributed by atoms with van der Waals surface area (Å²) in [5.74, 6) is 0.264. The molecule has 0 aliphatic heterocycles. The molecule has 2 nitrogen and oxygen atoms in total. The zero-order valence-corrected chi connectivity index (χ0v) is 25.6. The average Bonchev–Trinajstić information content (AvgIpc) is 3.48. The number of aromatic nitrogens is 2. The Labute approximate surface area is 272 Å². The molecule has 1 atom stereocenters. The van der Waals surface area contributed by atoms with Crippen molar-refractivity contribution in [2.24, 2.45) is 0 Å². The Morgan fingerprint density at radius 2 is 0.936 bits per heavy atom. The van der Waals surface area contributed by atoms with Crippen molar-refractivity contribution in [2.75, 3.05) is 0 Å². The van der Waals surface area contributed by atoms with Gasteiger partial charge in [0.15, 0.2) is 0 Å². The number of fused-ring (bicyclic) bond motifs is 10. The maximum absolute atomic E-state index is 4.73. The fraction of sp³-hybridized carbons (Fsp3) is 0.0222. The molecular weight excluding hydrogens is 569 g/mol. The fourth-order valence-electron chi connectivity index (χ4n) is 7.80. The molecule has 1 aliphatic carbocycles. The highest BCUT2D eigenvalue weighted by molar-refractivity contribution is 6.23. The lowest BCUT2D eigenvalue weighted by molar-refractivity contribution is 1.02. The molecule has 47 heavy (non-hydrogen) atoms. The van der Waals surface area contributed by atoms with Crippen molar-refractivity contribution in [3.63, 3.8) is 0 Å². The van der Waals surface area contributed by atoms with E-state index in [0.29, 0.717) is 0 Å². The SMILES string of the molecule is c1ccc(C2c3ccccc3-c3cc(-c4ccc5ccc(-c6ccc7c(c6)c6ccccc6c6nccnc76)cc5c4)ccc32)cc1. The van der Waals surface area contributed by atoms with Crippen molar-refractivity contribution in [3.8, 4) is 33.4 Å². The standard InChI is InChI=1S/C45H28N2/c1-2-8-29(9-3-1)43-37-12-6-4-10-35(37)41-26-32(18-20-38(41)43)30-16-14-28-15-17-31(25-34(28)24-30)33-19-21-40-42(27-33)36-11-5-7-13-39(36)44-45(40)47-23-22-46-44/h1-27,43H. The van der Waals surface area contributed by atoms with Crippen LogP contribution in [0.25, 0.3) is 76.7 Å². The maximum atomic E-state index is 4.73. The van der Waals surface area contributed by atoms with Crippen LogP contribution < -0.4 is 0 Å². The monoisotopic (exact) mass is 596 g/mol. The zero-order chi connectivity index (χ0) is 30.9. The predicted molar refractivity (Wildman–Crippen MR) is 196 cm³/mol. The van der Waals surface area contributed by atoms with E-state index in [9.17, 15) is 0 Å². The third kappa shape index (κ3) is 4.05. The lowest BCUT2D eigenvalue weighted by atomic mass is 9.89. The van der Waals surface area contributed by atoms with Gasteiger partial charge in [0.2, 0.25) is 0 Å². The van der Waals surface area contributed by atoms with E-state index in [1.807, 2.05) is 0 Å². The average molecular weight is 597 g/mol. The van der Waals surface area contributed by atoms with E-state index >= 15 is 0 Å². The molecule has 0 amide bonds. The molecule has 0 radical (unpaired) electrons. The van der Waals surface area contributed by atoms with Gasteiger partial charge in [-0.1, -0.05) is 127 Å². The summed E-state index contributed by atoms with van der Waals surface area (Å²) in [7, 11) is 0. The van der Waals surface area contributed by atoms with Crippen LogP contribution in [0.15, 0.2) is 164 Å². The van der Waals surface area contributed by atoms with Crippen molar-refractivity contribution in [2.45, 2.75) is 5.92 Å². The second kappa shape index (κ2) is 10.2. The molecule has 9 aromatic rings. The molecule has 0 saturated heterocycles. The van der Waals surface area contributed by atoms with Crippen LogP contribution in [-0.4, -0.2) is 9.97 Å². The third-order valence-corrected chi connectivity index (χ3v) is 10.0. The van der Waals surface area contributed by atoms with Gasteiger partial charge in [0, 0.05) is 29.1 Å². The molecule has 0 spiro atoms. The predicted octanol–water partition coefficient (Wildman–Crippen LogP) is 11.6. The van der Waals surface area contributed by atoms with Crippen molar-refractivity contribution in [3.05, 3.63) is 181 Å². The minimum absolute atomic E-state index is 0.264. The van der Waals surface area contributed by atoms with E-state index in [-0.39, 0.29) is 5.92 Å². The quantitative estimate of drug-likeness (QED) is 0.190. The summed E-state index contributed by atoms with van der Waals surface area (Å²) in [6.07, 6.45) is 3.56. The zero-order valence-electron chi connectivity index (χ0n) is 25.6. The summed E-state index contributed by atoms with van der Waals surface area (Å²) in [6.45, 7) is 0. The van der Waals surface area contributed by atoms with Crippen LogP contribution in [0.1, 0.15) is 22.6 Å². The van der Waals surface area contributed by atoms with E-state index in [2.05, 4.69) is 152 Å². The van der Waals surface area contributed by atoms with Crippen LogP contribution in [-0.2, 0) is 0 Å². The first kappa shape index (κ1) is 26.1. The molecule has 1 aliphatic rings. The topological polar surface area (TPSA) is 25.8 Å². The normalized spacial score (nSPS) is 13.7. The van der Waals surface area contributed by atoms with Crippen molar-refractivity contribution < 1.29 is 0 Å². The van der Waals surface area contributed by atoms with Crippen LogP contribution in [0.4, 0.5) is 0 Å². The Balaban J connectivity index is 1.08. The smallest absolute Gasteiger partial charge is 0.0971 e. The van der Waals surface area contributed by atoms with Crippen molar-refractivity contribution in [1.82, 2.24) is 9.97 Å². The summed E-state index contributed by atoms with van der Waals surface area (Å²) in [4.78, 5) is 9.43. The van der Waals surface area contributed by atoms with Gasteiger partial charge in [-0.3, -0.25) is 9.97 Å². The number of rotatable bonds is 3. The number of nitrogens with zero attached hydrogens (tertiary/aromatic N) is 2. The highest BCUT2D eigenvalue weighted by Gasteiger charge is 2.29. The highest BCUT2D eigenvalue weighted by atomic mass is 14.8. The van der Waals surface area contributed by atoms with E-state index < -0.39 is 0 Å². The number of hydrogen-bond donors (Lipinski definition) is 0. The largest absolute Gasteiger partial charge is 0.252 e. The molecule has 0 fully saturated rings. The van der Waals surface area contributed by atoms with Gasteiger partial charge in [-0.2, -0.15) is 0 Å². The number of benzene rings is 8. The van der Waals surface area contributed by atoms with Crippen LogP contribution in [0.2, 0.25) is 0 Å². The van der Waals surface area contributed by atoms with E-state index in [1.165, 1.54) is 71.6 Å². The molecule has 1 heterocycles. The second-order valence-corrected chi connectivity index (χ2v) is 12.6. The lowest BCUT2D eigenvalue weighted by Gasteiger charge is -2.14. The Hall–Kier alpha value is -6.12. The molecule has 1 unspecified atom stereocenters. The van der Waals surface area contributed by atoms with Gasteiger partial charge < -0.3 is 0 Å². The molecule has 8 aromatic carbocycles. The fourth-order valence-corrected chi connectivity index (χ4v) is 7.80. The van der Waals surface area contributed by atoms with E-state index in [0.717, 1.165) is 21.8 Å². The Morgan fingerprint density at radius 1 is 0.362 bits per heavy atom. The summed E-state index contributed by atoms with van der Waals surface area (Å²) in [5.41, 5.74) is 13.5. The first-order chi connectivity index (χ1) is 23.3.